The minimum atomic E-state index is 0.503. The molecule has 0 spiro atoms. The molecule has 2 heteroatoms. The first-order chi connectivity index (χ1) is 7.66. The van der Waals surface area contributed by atoms with E-state index in [0.717, 1.165) is 17.8 Å². The first-order valence-corrected chi connectivity index (χ1v) is 7.14. The Hall–Kier alpha value is -0.0800. The number of hydrogen-bond acceptors (Lipinski definition) is 2. The Labute approximate surface area is 101 Å². The van der Waals surface area contributed by atoms with Gasteiger partial charge in [-0.3, -0.25) is 0 Å². The van der Waals surface area contributed by atoms with Crippen molar-refractivity contribution < 1.29 is 0 Å². The van der Waals surface area contributed by atoms with Gasteiger partial charge >= 0.3 is 0 Å². The Bertz CT molecular complexity index is 215. The molecule has 0 aromatic heterocycles. The summed E-state index contributed by atoms with van der Waals surface area (Å²) in [6.45, 7) is 8.67. The van der Waals surface area contributed by atoms with Crippen LogP contribution in [0.1, 0.15) is 46.0 Å². The van der Waals surface area contributed by atoms with Crippen molar-refractivity contribution in [1.29, 1.82) is 0 Å². The van der Waals surface area contributed by atoms with Crippen LogP contribution in [0.25, 0.3) is 0 Å². The lowest BCUT2D eigenvalue weighted by atomic mass is 9.95. The molecule has 0 aromatic carbocycles. The van der Waals surface area contributed by atoms with Gasteiger partial charge in [0.1, 0.15) is 0 Å². The molecule has 1 saturated heterocycles. The minimum absolute atomic E-state index is 0.503. The van der Waals surface area contributed by atoms with E-state index in [0.29, 0.717) is 6.04 Å². The highest BCUT2D eigenvalue weighted by Crippen LogP contribution is 2.29. The monoisotopic (exact) mass is 224 g/mol. The second-order valence-electron chi connectivity index (χ2n) is 6.24. The molecule has 94 valence electrons. The maximum absolute atomic E-state index is 6.12. The van der Waals surface area contributed by atoms with E-state index in [1.807, 2.05) is 0 Å². The molecule has 3 unspecified atom stereocenters. The lowest BCUT2D eigenvalue weighted by Gasteiger charge is -2.21. The molecule has 2 rings (SSSR count). The van der Waals surface area contributed by atoms with Crippen molar-refractivity contribution in [1.82, 2.24) is 4.90 Å². The van der Waals surface area contributed by atoms with E-state index in [1.54, 1.807) is 0 Å². The summed E-state index contributed by atoms with van der Waals surface area (Å²) in [6, 6.07) is 0.503. The van der Waals surface area contributed by atoms with Crippen LogP contribution in [-0.4, -0.2) is 30.6 Å². The van der Waals surface area contributed by atoms with E-state index in [9.17, 15) is 0 Å². The summed E-state index contributed by atoms with van der Waals surface area (Å²) < 4.78 is 0. The summed E-state index contributed by atoms with van der Waals surface area (Å²) in [5.74, 6) is 2.62. The second kappa shape index (κ2) is 5.50. The number of hydrogen-bond donors (Lipinski definition) is 1. The third kappa shape index (κ3) is 2.98. The second-order valence-corrected chi connectivity index (χ2v) is 6.24. The van der Waals surface area contributed by atoms with Crippen molar-refractivity contribution in [3.63, 3.8) is 0 Å². The Kier molecular flexibility index (Phi) is 4.26. The third-order valence-corrected chi connectivity index (χ3v) is 4.79. The Balaban J connectivity index is 1.67. The molecular weight excluding hydrogens is 196 g/mol. The van der Waals surface area contributed by atoms with Crippen molar-refractivity contribution in [2.75, 3.05) is 19.6 Å². The van der Waals surface area contributed by atoms with Crippen molar-refractivity contribution >= 4 is 0 Å². The van der Waals surface area contributed by atoms with E-state index in [-0.39, 0.29) is 0 Å². The summed E-state index contributed by atoms with van der Waals surface area (Å²) in [5, 5.41) is 0. The average Bonchev–Trinajstić information content (AvgIpc) is 2.83. The highest BCUT2D eigenvalue weighted by Gasteiger charge is 2.27. The van der Waals surface area contributed by atoms with Crippen LogP contribution < -0.4 is 5.73 Å². The molecule has 1 aliphatic heterocycles. The van der Waals surface area contributed by atoms with Crippen LogP contribution in [0.15, 0.2) is 0 Å². The smallest absolute Gasteiger partial charge is 0.00676 e. The molecule has 2 aliphatic rings. The van der Waals surface area contributed by atoms with Gasteiger partial charge in [-0.05, 0) is 56.5 Å². The molecule has 16 heavy (non-hydrogen) atoms. The number of likely N-dealkylation sites (tertiary alicyclic amines) is 1. The van der Waals surface area contributed by atoms with Gasteiger partial charge in [0.2, 0.25) is 0 Å². The molecule has 1 saturated carbocycles. The molecule has 1 aliphatic carbocycles. The number of rotatable bonds is 4. The van der Waals surface area contributed by atoms with Gasteiger partial charge in [0, 0.05) is 12.6 Å². The Morgan fingerprint density at radius 2 is 2.06 bits per heavy atom. The Morgan fingerprint density at radius 1 is 1.25 bits per heavy atom. The molecule has 0 bridgehead atoms. The van der Waals surface area contributed by atoms with E-state index in [4.69, 9.17) is 5.73 Å². The zero-order chi connectivity index (χ0) is 11.5. The molecule has 2 N–H and O–H groups in total. The molecule has 2 fully saturated rings. The van der Waals surface area contributed by atoms with Crippen LogP contribution in [0.2, 0.25) is 0 Å². The van der Waals surface area contributed by atoms with E-state index in [1.165, 1.54) is 51.7 Å². The standard InChI is InChI=1S/C14H28N2/c1-11(2)13-7-9-16(10-13)8-6-12-4-3-5-14(12)15/h11-14H,3-10,15H2,1-2H3. The fraction of sp³-hybridized carbons (Fsp3) is 1.00. The third-order valence-electron chi connectivity index (χ3n) is 4.79. The fourth-order valence-electron chi connectivity index (χ4n) is 3.38. The van der Waals surface area contributed by atoms with Crippen LogP contribution in [0.3, 0.4) is 0 Å². The van der Waals surface area contributed by atoms with Crippen LogP contribution in [0.5, 0.6) is 0 Å². The lowest BCUT2D eigenvalue weighted by Crippen LogP contribution is -2.30. The van der Waals surface area contributed by atoms with Crippen molar-refractivity contribution in [3.8, 4) is 0 Å². The largest absolute Gasteiger partial charge is 0.327 e. The molecule has 0 aromatic rings. The van der Waals surface area contributed by atoms with Gasteiger partial charge in [-0.1, -0.05) is 20.3 Å². The molecule has 0 radical (unpaired) electrons. The molecular formula is C14H28N2. The summed E-state index contributed by atoms with van der Waals surface area (Å²) in [4.78, 5) is 2.66. The minimum Gasteiger partial charge on any atom is -0.327 e. The Morgan fingerprint density at radius 3 is 2.62 bits per heavy atom. The van der Waals surface area contributed by atoms with Crippen LogP contribution in [-0.2, 0) is 0 Å². The van der Waals surface area contributed by atoms with E-state index >= 15 is 0 Å². The van der Waals surface area contributed by atoms with Gasteiger partial charge in [-0.2, -0.15) is 0 Å². The first kappa shape index (κ1) is 12.4. The van der Waals surface area contributed by atoms with Crippen molar-refractivity contribution in [3.05, 3.63) is 0 Å². The van der Waals surface area contributed by atoms with Crippen LogP contribution in [0.4, 0.5) is 0 Å². The predicted molar refractivity (Wildman–Crippen MR) is 69.3 cm³/mol. The van der Waals surface area contributed by atoms with Gasteiger partial charge < -0.3 is 10.6 Å². The summed E-state index contributed by atoms with van der Waals surface area (Å²) in [5.41, 5.74) is 6.12. The van der Waals surface area contributed by atoms with Gasteiger partial charge in [0.25, 0.3) is 0 Å². The highest BCUT2D eigenvalue weighted by atomic mass is 15.1. The maximum Gasteiger partial charge on any atom is 0.00676 e. The zero-order valence-electron chi connectivity index (χ0n) is 11.0. The topological polar surface area (TPSA) is 29.3 Å². The van der Waals surface area contributed by atoms with Gasteiger partial charge in [0.15, 0.2) is 0 Å². The summed E-state index contributed by atoms with van der Waals surface area (Å²) in [6.07, 6.45) is 6.75. The summed E-state index contributed by atoms with van der Waals surface area (Å²) in [7, 11) is 0. The lowest BCUT2D eigenvalue weighted by molar-refractivity contribution is 0.273. The van der Waals surface area contributed by atoms with Gasteiger partial charge in [-0.15, -0.1) is 0 Å². The van der Waals surface area contributed by atoms with E-state index in [2.05, 4.69) is 18.7 Å². The molecule has 1 heterocycles. The molecule has 2 nitrogen and oxygen atoms in total. The van der Waals surface area contributed by atoms with Gasteiger partial charge in [0.05, 0.1) is 0 Å². The number of nitrogens with zero attached hydrogens (tertiary/aromatic N) is 1. The SMILES string of the molecule is CC(C)C1CCN(CCC2CCCC2N)C1. The normalized spacial score (nSPS) is 36.4. The average molecular weight is 224 g/mol. The summed E-state index contributed by atoms with van der Waals surface area (Å²) >= 11 is 0. The molecule has 3 atom stereocenters. The van der Waals surface area contributed by atoms with Crippen molar-refractivity contribution in [2.24, 2.45) is 23.5 Å². The number of nitrogens with two attached hydrogens (primary N) is 1. The first-order valence-electron chi connectivity index (χ1n) is 7.14. The maximum atomic E-state index is 6.12. The van der Waals surface area contributed by atoms with Crippen molar-refractivity contribution in [2.45, 2.75) is 52.0 Å². The highest BCUT2D eigenvalue weighted by molar-refractivity contribution is 4.83. The fourth-order valence-corrected chi connectivity index (χ4v) is 3.38. The quantitative estimate of drug-likeness (QED) is 0.795. The van der Waals surface area contributed by atoms with Crippen LogP contribution in [0, 0.1) is 17.8 Å². The van der Waals surface area contributed by atoms with E-state index < -0.39 is 0 Å². The zero-order valence-corrected chi connectivity index (χ0v) is 11.0. The van der Waals surface area contributed by atoms with Gasteiger partial charge in [-0.25, -0.2) is 0 Å². The van der Waals surface area contributed by atoms with Crippen LogP contribution >= 0.6 is 0 Å². The molecule has 0 amide bonds. The predicted octanol–water partition coefficient (Wildman–Crippen LogP) is 2.48.